The van der Waals surface area contributed by atoms with E-state index in [4.69, 9.17) is 9.73 Å². The molecule has 0 saturated carbocycles. The van der Waals surface area contributed by atoms with Crippen molar-refractivity contribution in [3.63, 3.8) is 0 Å². The molecule has 39 heavy (non-hydrogen) atoms. The molecule has 1 atom stereocenters. The molecule has 0 N–H and O–H groups in total. The van der Waals surface area contributed by atoms with Gasteiger partial charge < -0.3 is 14.2 Å². The van der Waals surface area contributed by atoms with Gasteiger partial charge in [-0.1, -0.05) is 18.2 Å². The van der Waals surface area contributed by atoms with E-state index in [0.717, 1.165) is 28.2 Å². The quantitative estimate of drug-likeness (QED) is 0.391. The lowest BCUT2D eigenvalue weighted by Crippen LogP contribution is -2.39. The first-order valence-corrected chi connectivity index (χ1v) is 12.9. The third-order valence-corrected chi connectivity index (χ3v) is 6.88. The minimum atomic E-state index is -4.44. The topological polar surface area (TPSA) is 72.6 Å². The van der Waals surface area contributed by atoms with Gasteiger partial charge in [0.1, 0.15) is 11.4 Å². The van der Waals surface area contributed by atoms with Crippen molar-refractivity contribution in [2.24, 2.45) is 12.0 Å². The second kappa shape index (κ2) is 10.5. The zero-order chi connectivity index (χ0) is 28.7. The normalized spacial score (nSPS) is 15.9. The van der Waals surface area contributed by atoms with Crippen LogP contribution < -0.4 is 5.49 Å². The Morgan fingerprint density at radius 3 is 2.51 bits per heavy atom. The van der Waals surface area contributed by atoms with Crippen molar-refractivity contribution in [3.05, 3.63) is 70.2 Å². The Hall–Kier alpha value is -3.69. The fourth-order valence-corrected chi connectivity index (χ4v) is 4.69. The molecule has 0 saturated heterocycles. The van der Waals surface area contributed by atoms with Gasteiger partial charge in [0, 0.05) is 25.5 Å². The molecule has 7 nitrogen and oxygen atoms in total. The number of aryl methyl sites for hydroxylation is 2. The Bertz CT molecular complexity index is 1520. The van der Waals surface area contributed by atoms with Crippen LogP contribution >= 0.6 is 0 Å². The van der Waals surface area contributed by atoms with Crippen LogP contribution in [-0.4, -0.2) is 44.2 Å². The molecular weight excluding hydrogens is 507 g/mol. The third-order valence-electron chi connectivity index (χ3n) is 6.88. The Labute approximate surface area is 226 Å². The molecule has 208 valence electrons. The van der Waals surface area contributed by atoms with Gasteiger partial charge in [-0.2, -0.15) is 13.2 Å². The summed E-state index contributed by atoms with van der Waals surface area (Å²) in [6.45, 7) is 11.5. The highest BCUT2D eigenvalue weighted by molar-refractivity contribution is 5.81. The monoisotopic (exact) mass is 541 g/mol. The Balaban J connectivity index is 1.73. The second-order valence-corrected chi connectivity index (χ2v) is 10.9. The fourth-order valence-electron chi connectivity index (χ4n) is 4.69. The molecule has 3 aromatic rings. The van der Waals surface area contributed by atoms with Gasteiger partial charge in [-0.15, -0.1) is 0 Å². The molecule has 0 bridgehead atoms. The third kappa shape index (κ3) is 6.15. The van der Waals surface area contributed by atoms with Gasteiger partial charge in [0.05, 0.1) is 29.0 Å². The van der Waals surface area contributed by atoms with E-state index in [1.807, 2.05) is 51.5 Å². The van der Waals surface area contributed by atoms with E-state index in [0.29, 0.717) is 36.4 Å². The van der Waals surface area contributed by atoms with Gasteiger partial charge >= 0.3 is 12.3 Å². The predicted molar refractivity (Wildman–Crippen MR) is 144 cm³/mol. The SMILES string of the molecule is Cc1c([C@@H](C)N=c2nc(C)n(C)c3cnc(C4=CCN(C(=O)OC(C)(C)C)CC4)cc23)cccc1C(F)(F)F. The zero-order valence-corrected chi connectivity index (χ0v) is 23.3. The van der Waals surface area contributed by atoms with Crippen LogP contribution in [-0.2, 0) is 18.0 Å². The molecule has 0 unspecified atom stereocenters. The fraction of sp³-hybridized carbons (Fsp3) is 0.448. The van der Waals surface area contributed by atoms with Gasteiger partial charge in [-0.05, 0) is 76.8 Å². The molecule has 0 fully saturated rings. The summed E-state index contributed by atoms with van der Waals surface area (Å²) < 4.78 is 47.9. The number of halogens is 3. The number of carbonyl (C=O) groups excluding carboxylic acids is 1. The van der Waals surface area contributed by atoms with Crippen molar-refractivity contribution in [1.82, 2.24) is 19.4 Å². The van der Waals surface area contributed by atoms with Gasteiger partial charge in [0.15, 0.2) is 5.49 Å². The highest BCUT2D eigenvalue weighted by atomic mass is 19.4. The van der Waals surface area contributed by atoms with E-state index in [-0.39, 0.29) is 11.7 Å². The van der Waals surface area contributed by atoms with Crippen LogP contribution in [0.3, 0.4) is 0 Å². The summed E-state index contributed by atoms with van der Waals surface area (Å²) in [5.41, 5.74) is 2.43. The number of carbonyl (C=O) groups is 1. The minimum absolute atomic E-state index is 0.160. The summed E-state index contributed by atoms with van der Waals surface area (Å²) in [5.74, 6) is 0.702. The van der Waals surface area contributed by atoms with Gasteiger partial charge in [-0.25, -0.2) is 9.78 Å². The van der Waals surface area contributed by atoms with Crippen LogP contribution in [0.4, 0.5) is 18.0 Å². The molecule has 2 aromatic heterocycles. The molecule has 3 heterocycles. The van der Waals surface area contributed by atoms with Crippen LogP contribution in [0.1, 0.15) is 68.4 Å². The molecule has 1 amide bonds. The summed E-state index contributed by atoms with van der Waals surface area (Å²) >= 11 is 0. The number of amides is 1. The van der Waals surface area contributed by atoms with Gasteiger partial charge in [0.25, 0.3) is 0 Å². The number of nitrogens with zero attached hydrogens (tertiary/aromatic N) is 5. The maximum absolute atomic E-state index is 13.5. The molecule has 1 aliphatic rings. The smallest absolute Gasteiger partial charge is 0.416 e. The standard InChI is InChI=1S/C29H34F3N5O2/c1-17-21(9-8-10-23(17)29(30,31)32)18(2)34-26-22-15-24(33-16-25(22)36(7)19(3)35-26)20-11-13-37(14-12-20)27(38)39-28(4,5)6/h8-11,15-16,18H,12-14H2,1-7H3/t18-/m1/s1. The number of hydrogen-bond donors (Lipinski definition) is 0. The van der Waals surface area contributed by atoms with Crippen LogP contribution in [0.15, 0.2) is 41.5 Å². The Kier molecular flexibility index (Phi) is 7.60. The first kappa shape index (κ1) is 28.3. The molecule has 10 heteroatoms. The van der Waals surface area contributed by atoms with Crippen molar-refractivity contribution in [2.45, 2.75) is 65.8 Å². The Morgan fingerprint density at radius 2 is 1.90 bits per heavy atom. The number of aromatic nitrogens is 3. The summed E-state index contributed by atoms with van der Waals surface area (Å²) in [6, 6.07) is 5.54. The number of rotatable bonds is 3. The minimum Gasteiger partial charge on any atom is -0.444 e. The largest absolute Gasteiger partial charge is 0.444 e. The van der Waals surface area contributed by atoms with Crippen LogP contribution in [0.5, 0.6) is 0 Å². The average Bonchev–Trinajstić information content (AvgIpc) is 2.85. The number of alkyl halides is 3. The molecule has 1 aliphatic heterocycles. The van der Waals surface area contributed by atoms with Crippen LogP contribution in [0, 0.1) is 13.8 Å². The summed E-state index contributed by atoms with van der Waals surface area (Å²) in [4.78, 5) is 28.2. The predicted octanol–water partition coefficient (Wildman–Crippen LogP) is 6.29. The van der Waals surface area contributed by atoms with Crippen molar-refractivity contribution < 1.29 is 22.7 Å². The van der Waals surface area contributed by atoms with E-state index < -0.39 is 23.4 Å². The number of benzene rings is 1. The summed E-state index contributed by atoms with van der Waals surface area (Å²) in [5, 5.41) is 0.750. The van der Waals surface area contributed by atoms with Crippen LogP contribution in [0.2, 0.25) is 0 Å². The van der Waals surface area contributed by atoms with E-state index in [1.54, 1.807) is 24.1 Å². The number of ether oxygens (including phenoxy) is 1. The maximum Gasteiger partial charge on any atom is 0.416 e. The zero-order valence-electron chi connectivity index (χ0n) is 23.3. The maximum atomic E-state index is 13.5. The van der Waals surface area contributed by atoms with Gasteiger partial charge in [-0.3, -0.25) is 9.98 Å². The highest BCUT2D eigenvalue weighted by Crippen LogP contribution is 2.35. The number of hydrogen-bond acceptors (Lipinski definition) is 5. The second-order valence-electron chi connectivity index (χ2n) is 10.9. The number of fused-ring (bicyclic) bond motifs is 1. The van der Waals surface area contributed by atoms with Crippen LogP contribution in [0.25, 0.3) is 16.5 Å². The van der Waals surface area contributed by atoms with Crippen molar-refractivity contribution in [3.8, 4) is 0 Å². The molecule has 0 spiro atoms. The number of pyridine rings is 1. The molecule has 0 aliphatic carbocycles. The van der Waals surface area contributed by atoms with Crippen molar-refractivity contribution >= 4 is 22.6 Å². The summed E-state index contributed by atoms with van der Waals surface area (Å²) in [6.07, 6.45) is -0.449. The van der Waals surface area contributed by atoms with Gasteiger partial charge in [0.2, 0.25) is 0 Å². The first-order chi connectivity index (χ1) is 18.2. The summed E-state index contributed by atoms with van der Waals surface area (Å²) in [7, 11) is 1.88. The van der Waals surface area contributed by atoms with E-state index in [2.05, 4.69) is 9.97 Å². The van der Waals surface area contributed by atoms with E-state index in [1.165, 1.54) is 13.0 Å². The lowest BCUT2D eigenvalue weighted by molar-refractivity contribution is -0.138. The van der Waals surface area contributed by atoms with Crippen molar-refractivity contribution in [2.75, 3.05) is 13.1 Å². The molecule has 4 rings (SSSR count). The highest BCUT2D eigenvalue weighted by Gasteiger charge is 2.33. The first-order valence-electron chi connectivity index (χ1n) is 12.9. The average molecular weight is 542 g/mol. The van der Waals surface area contributed by atoms with E-state index >= 15 is 0 Å². The lowest BCUT2D eigenvalue weighted by atomic mass is 9.97. The Morgan fingerprint density at radius 1 is 1.18 bits per heavy atom. The molecule has 0 radical (unpaired) electrons. The molecule has 1 aromatic carbocycles. The van der Waals surface area contributed by atoms with Crippen molar-refractivity contribution in [1.29, 1.82) is 0 Å². The molecular formula is C29H34F3N5O2. The van der Waals surface area contributed by atoms with E-state index in [9.17, 15) is 18.0 Å². The lowest BCUT2D eigenvalue weighted by Gasteiger charge is -2.29.